The Kier molecular flexibility index (Phi) is 10.1. The molecule has 0 unspecified atom stereocenters. The number of hydrogen-bond acceptors (Lipinski definition) is 4. The van der Waals surface area contributed by atoms with Crippen LogP contribution in [0, 0.1) is 6.92 Å². The van der Waals surface area contributed by atoms with E-state index in [1.165, 1.54) is 12.0 Å². The van der Waals surface area contributed by atoms with E-state index in [0.717, 1.165) is 69.6 Å². The molecule has 1 aliphatic rings. The second kappa shape index (κ2) is 12.6. The van der Waals surface area contributed by atoms with Gasteiger partial charge < -0.3 is 20.1 Å². The van der Waals surface area contributed by atoms with E-state index in [-0.39, 0.29) is 6.10 Å². The minimum absolute atomic E-state index is 0.155. The fraction of sp³-hybridized carbons (Fsp3) is 0.682. The van der Waals surface area contributed by atoms with Crippen molar-refractivity contribution in [2.75, 3.05) is 45.9 Å². The maximum absolute atomic E-state index is 5.97. The number of benzene rings is 1. The van der Waals surface area contributed by atoms with Crippen LogP contribution in [-0.2, 0) is 11.3 Å². The summed E-state index contributed by atoms with van der Waals surface area (Å²) in [5.74, 6) is 1.80. The Labute approximate surface area is 170 Å². The van der Waals surface area contributed by atoms with Crippen molar-refractivity contribution in [2.45, 2.75) is 53.2 Å². The first kappa shape index (κ1) is 22.5. The lowest BCUT2D eigenvalue weighted by molar-refractivity contribution is 0.0372. The zero-order valence-electron chi connectivity index (χ0n) is 18.1. The second-order valence-electron chi connectivity index (χ2n) is 7.56. The van der Waals surface area contributed by atoms with Gasteiger partial charge in [0.05, 0.1) is 25.9 Å². The molecule has 2 N–H and O–H groups in total. The fourth-order valence-corrected chi connectivity index (χ4v) is 3.15. The summed E-state index contributed by atoms with van der Waals surface area (Å²) in [5.41, 5.74) is 2.32. The summed E-state index contributed by atoms with van der Waals surface area (Å²) in [5, 5.41) is 6.79. The normalized spacial score (nSPS) is 15.7. The average Bonchev–Trinajstić information content (AvgIpc) is 2.67. The highest BCUT2D eigenvalue weighted by Gasteiger charge is 2.09. The molecule has 1 aromatic rings. The Morgan fingerprint density at radius 1 is 1.21 bits per heavy atom. The van der Waals surface area contributed by atoms with Crippen LogP contribution < -0.4 is 15.4 Å². The number of ether oxygens (including phenoxy) is 2. The molecule has 6 nitrogen and oxygen atoms in total. The molecule has 1 aromatic carbocycles. The van der Waals surface area contributed by atoms with Crippen LogP contribution in [0.5, 0.6) is 5.75 Å². The van der Waals surface area contributed by atoms with Gasteiger partial charge in [-0.1, -0.05) is 12.1 Å². The molecule has 1 aliphatic heterocycles. The molecule has 0 spiro atoms. The van der Waals surface area contributed by atoms with Crippen molar-refractivity contribution in [1.82, 2.24) is 15.5 Å². The highest BCUT2D eigenvalue weighted by molar-refractivity contribution is 5.79. The lowest BCUT2D eigenvalue weighted by Gasteiger charge is -2.26. The highest BCUT2D eigenvalue weighted by atomic mass is 16.5. The molecule has 0 saturated carbocycles. The summed E-state index contributed by atoms with van der Waals surface area (Å²) in [6.07, 6.45) is 2.48. The molecule has 158 valence electrons. The third-order valence-corrected chi connectivity index (χ3v) is 4.63. The zero-order chi connectivity index (χ0) is 20.2. The quantitative estimate of drug-likeness (QED) is 0.365. The van der Waals surface area contributed by atoms with E-state index < -0.39 is 0 Å². The third kappa shape index (κ3) is 8.48. The molecule has 0 amide bonds. The van der Waals surface area contributed by atoms with Gasteiger partial charge in [-0.2, -0.15) is 0 Å². The minimum Gasteiger partial charge on any atom is -0.491 e. The van der Waals surface area contributed by atoms with E-state index >= 15 is 0 Å². The largest absolute Gasteiger partial charge is 0.491 e. The second-order valence-corrected chi connectivity index (χ2v) is 7.56. The molecular formula is C22H38N4O2. The van der Waals surface area contributed by atoms with Crippen LogP contribution >= 0.6 is 0 Å². The number of nitrogens with one attached hydrogen (secondary N) is 2. The van der Waals surface area contributed by atoms with E-state index in [4.69, 9.17) is 14.5 Å². The van der Waals surface area contributed by atoms with Gasteiger partial charge in [0.1, 0.15) is 5.75 Å². The first-order valence-electron chi connectivity index (χ1n) is 10.7. The van der Waals surface area contributed by atoms with Gasteiger partial charge in [0, 0.05) is 31.7 Å². The third-order valence-electron chi connectivity index (χ3n) is 4.63. The zero-order valence-corrected chi connectivity index (χ0v) is 18.1. The molecule has 1 fully saturated rings. The lowest BCUT2D eigenvalue weighted by Crippen LogP contribution is -2.39. The van der Waals surface area contributed by atoms with Gasteiger partial charge in [-0.05, 0) is 58.7 Å². The van der Waals surface area contributed by atoms with Crippen LogP contribution in [0.3, 0.4) is 0 Å². The lowest BCUT2D eigenvalue weighted by atomic mass is 10.1. The van der Waals surface area contributed by atoms with Gasteiger partial charge >= 0.3 is 0 Å². The summed E-state index contributed by atoms with van der Waals surface area (Å²) in [6, 6.07) is 6.32. The molecule has 0 radical (unpaired) electrons. The number of rotatable bonds is 10. The minimum atomic E-state index is 0.155. The molecule has 0 aromatic heterocycles. The smallest absolute Gasteiger partial charge is 0.191 e. The van der Waals surface area contributed by atoms with E-state index in [0.29, 0.717) is 6.54 Å². The SMILES string of the molecule is CCNC(=NCc1ccc(C)cc1OC(C)C)NCCCCN1CCOCC1. The number of nitrogens with zero attached hydrogens (tertiary/aromatic N) is 2. The van der Waals surface area contributed by atoms with Crippen molar-refractivity contribution in [3.8, 4) is 5.75 Å². The van der Waals surface area contributed by atoms with Gasteiger partial charge in [-0.15, -0.1) is 0 Å². The predicted octanol–water partition coefficient (Wildman–Crippen LogP) is 2.95. The van der Waals surface area contributed by atoms with Crippen LogP contribution in [0.25, 0.3) is 0 Å². The maximum atomic E-state index is 5.97. The molecular weight excluding hydrogens is 352 g/mol. The van der Waals surface area contributed by atoms with Gasteiger partial charge in [0.2, 0.25) is 0 Å². The van der Waals surface area contributed by atoms with Crippen molar-refractivity contribution < 1.29 is 9.47 Å². The monoisotopic (exact) mass is 390 g/mol. The predicted molar refractivity (Wildman–Crippen MR) is 116 cm³/mol. The van der Waals surface area contributed by atoms with Crippen LogP contribution in [-0.4, -0.2) is 62.9 Å². The summed E-state index contributed by atoms with van der Waals surface area (Å²) in [7, 11) is 0. The van der Waals surface area contributed by atoms with E-state index in [1.54, 1.807) is 0 Å². The van der Waals surface area contributed by atoms with Crippen molar-refractivity contribution >= 4 is 5.96 Å². The number of morpholine rings is 1. The number of aryl methyl sites for hydroxylation is 1. The standard InChI is InChI=1S/C22H38N4O2/c1-5-23-22(24-10-6-7-11-26-12-14-27-15-13-26)25-17-20-9-8-19(4)16-21(20)28-18(2)3/h8-9,16,18H,5-7,10-15,17H2,1-4H3,(H2,23,24,25). The molecule has 1 heterocycles. The van der Waals surface area contributed by atoms with E-state index in [2.05, 4.69) is 61.4 Å². The number of guanidine groups is 1. The van der Waals surface area contributed by atoms with E-state index in [1.807, 2.05) is 0 Å². The van der Waals surface area contributed by atoms with Gasteiger partial charge in [0.25, 0.3) is 0 Å². The van der Waals surface area contributed by atoms with Gasteiger partial charge in [-0.25, -0.2) is 4.99 Å². The Bertz CT molecular complexity index is 598. The number of hydrogen-bond donors (Lipinski definition) is 2. The Balaban J connectivity index is 1.81. The first-order valence-corrected chi connectivity index (χ1v) is 10.7. The van der Waals surface area contributed by atoms with Crippen molar-refractivity contribution in [1.29, 1.82) is 0 Å². The van der Waals surface area contributed by atoms with Crippen molar-refractivity contribution in [3.05, 3.63) is 29.3 Å². The van der Waals surface area contributed by atoms with Crippen molar-refractivity contribution in [3.63, 3.8) is 0 Å². The van der Waals surface area contributed by atoms with Crippen molar-refractivity contribution in [2.24, 2.45) is 4.99 Å². The number of aliphatic imine (C=N–C) groups is 1. The Morgan fingerprint density at radius 2 is 2.00 bits per heavy atom. The van der Waals surface area contributed by atoms with Gasteiger partial charge in [0.15, 0.2) is 5.96 Å². The molecule has 0 aliphatic carbocycles. The number of unbranched alkanes of at least 4 members (excludes halogenated alkanes) is 1. The molecule has 1 saturated heterocycles. The summed E-state index contributed by atoms with van der Waals surface area (Å²) >= 11 is 0. The maximum Gasteiger partial charge on any atom is 0.191 e. The van der Waals surface area contributed by atoms with Crippen LogP contribution in [0.4, 0.5) is 0 Å². The summed E-state index contributed by atoms with van der Waals surface area (Å²) in [6.45, 7) is 15.7. The fourth-order valence-electron chi connectivity index (χ4n) is 3.15. The van der Waals surface area contributed by atoms with Gasteiger partial charge in [-0.3, -0.25) is 4.90 Å². The Hall–Kier alpha value is -1.79. The first-order chi connectivity index (χ1) is 13.6. The molecule has 0 bridgehead atoms. The summed E-state index contributed by atoms with van der Waals surface area (Å²) in [4.78, 5) is 7.24. The molecule has 28 heavy (non-hydrogen) atoms. The topological polar surface area (TPSA) is 58.1 Å². The average molecular weight is 391 g/mol. The molecule has 2 rings (SSSR count). The van der Waals surface area contributed by atoms with Crippen LogP contribution in [0.15, 0.2) is 23.2 Å². The molecule has 6 heteroatoms. The van der Waals surface area contributed by atoms with Crippen LogP contribution in [0.2, 0.25) is 0 Å². The Morgan fingerprint density at radius 3 is 2.71 bits per heavy atom. The molecule has 0 atom stereocenters. The summed E-state index contributed by atoms with van der Waals surface area (Å²) < 4.78 is 11.4. The van der Waals surface area contributed by atoms with E-state index in [9.17, 15) is 0 Å². The highest BCUT2D eigenvalue weighted by Crippen LogP contribution is 2.22. The van der Waals surface area contributed by atoms with Crippen LogP contribution in [0.1, 0.15) is 44.7 Å².